The van der Waals surface area contributed by atoms with Gasteiger partial charge in [-0.3, -0.25) is 0 Å². The van der Waals surface area contributed by atoms with E-state index in [2.05, 4.69) is 57.3 Å². The molecule has 0 unspecified atom stereocenters. The Balaban J connectivity index is 0. The lowest BCUT2D eigenvalue weighted by atomic mass is 10.2. The number of hydrogen-bond acceptors (Lipinski definition) is 1. The molecule has 0 spiro atoms. The van der Waals surface area contributed by atoms with E-state index in [0.717, 1.165) is 13.0 Å². The van der Waals surface area contributed by atoms with E-state index in [9.17, 15) is 0 Å². The second-order valence-electron chi connectivity index (χ2n) is 4.48. The first-order chi connectivity index (χ1) is 9.24. The van der Waals surface area contributed by atoms with Crippen LogP contribution < -0.4 is 5.32 Å². The number of allylic oxidation sites excluding steroid dienone is 4. The Morgan fingerprint density at radius 3 is 2.26 bits per heavy atom. The summed E-state index contributed by atoms with van der Waals surface area (Å²) < 4.78 is 0. The molecule has 1 heteroatoms. The molecule has 0 aromatic rings. The largest absolute Gasteiger partial charge is 0.382 e. The normalized spacial score (nSPS) is 12.3. The van der Waals surface area contributed by atoms with E-state index < -0.39 is 0 Å². The molecule has 19 heavy (non-hydrogen) atoms. The average Bonchev–Trinajstić information content (AvgIpc) is 2.45. The van der Waals surface area contributed by atoms with Crippen molar-refractivity contribution in [1.82, 2.24) is 5.32 Å². The van der Waals surface area contributed by atoms with Crippen molar-refractivity contribution in [3.05, 3.63) is 35.6 Å². The average molecular weight is 265 g/mol. The third-order valence-corrected chi connectivity index (χ3v) is 2.69. The highest BCUT2D eigenvalue weighted by Gasteiger charge is 1.91. The van der Waals surface area contributed by atoms with Crippen LogP contribution in [0, 0.1) is 0 Å². The molecule has 0 aromatic carbocycles. The summed E-state index contributed by atoms with van der Waals surface area (Å²) in [5, 5.41) is 3.46. The molecule has 0 saturated heterocycles. The molecule has 0 aromatic heterocycles. The summed E-state index contributed by atoms with van der Waals surface area (Å²) in [6, 6.07) is 0. The topological polar surface area (TPSA) is 12.0 Å². The van der Waals surface area contributed by atoms with Gasteiger partial charge < -0.3 is 5.32 Å². The minimum absolute atomic E-state index is 0.958. The van der Waals surface area contributed by atoms with E-state index in [1.54, 1.807) is 0 Å². The molecule has 0 atom stereocenters. The van der Waals surface area contributed by atoms with Gasteiger partial charge in [-0.2, -0.15) is 0 Å². The van der Waals surface area contributed by atoms with E-state index in [4.69, 9.17) is 0 Å². The van der Waals surface area contributed by atoms with Crippen LogP contribution in [0.5, 0.6) is 0 Å². The van der Waals surface area contributed by atoms with Crippen LogP contribution in [-0.4, -0.2) is 6.54 Å². The summed E-state index contributed by atoms with van der Waals surface area (Å²) in [4.78, 5) is 0. The van der Waals surface area contributed by atoms with E-state index in [1.807, 2.05) is 13.8 Å². The van der Waals surface area contributed by atoms with Gasteiger partial charge in [0, 0.05) is 12.2 Å². The predicted molar refractivity (Wildman–Crippen MR) is 90.4 cm³/mol. The molecule has 0 rings (SSSR count). The van der Waals surface area contributed by atoms with Crippen LogP contribution >= 0.6 is 0 Å². The van der Waals surface area contributed by atoms with Crippen LogP contribution in [0.4, 0.5) is 0 Å². The highest BCUT2D eigenvalue weighted by atomic mass is 14.9. The molecule has 0 bridgehead atoms. The maximum Gasteiger partial charge on any atom is 0.0357 e. The Labute approximate surface area is 121 Å². The molecule has 0 aliphatic carbocycles. The fourth-order valence-corrected chi connectivity index (χ4v) is 1.50. The third kappa shape index (κ3) is 15.0. The van der Waals surface area contributed by atoms with Crippen molar-refractivity contribution in [3.63, 3.8) is 0 Å². The Bertz CT molecular complexity index is 259. The van der Waals surface area contributed by atoms with E-state index in [1.165, 1.54) is 37.0 Å². The second kappa shape index (κ2) is 17.0. The summed E-state index contributed by atoms with van der Waals surface area (Å²) in [5.74, 6) is 0. The van der Waals surface area contributed by atoms with Crippen molar-refractivity contribution in [2.75, 3.05) is 6.54 Å². The summed E-state index contributed by atoms with van der Waals surface area (Å²) in [5.41, 5.74) is 2.66. The van der Waals surface area contributed by atoms with Crippen molar-refractivity contribution in [1.29, 1.82) is 0 Å². The monoisotopic (exact) mass is 265 g/mol. The number of rotatable bonds is 9. The van der Waals surface area contributed by atoms with Gasteiger partial charge in [0.25, 0.3) is 0 Å². The van der Waals surface area contributed by atoms with Crippen molar-refractivity contribution in [2.24, 2.45) is 0 Å². The Morgan fingerprint density at radius 1 is 1.05 bits per heavy atom. The van der Waals surface area contributed by atoms with E-state index >= 15 is 0 Å². The highest BCUT2D eigenvalue weighted by Crippen LogP contribution is 2.02. The van der Waals surface area contributed by atoms with Gasteiger partial charge in [0.05, 0.1) is 0 Å². The molecule has 0 radical (unpaired) electrons. The number of unbranched alkanes of at least 4 members (excludes halogenated alkanes) is 3. The van der Waals surface area contributed by atoms with Crippen molar-refractivity contribution in [2.45, 2.75) is 73.6 Å². The number of hydrogen-bond donors (Lipinski definition) is 1. The highest BCUT2D eigenvalue weighted by molar-refractivity contribution is 5.17. The van der Waals surface area contributed by atoms with Gasteiger partial charge in [-0.1, -0.05) is 70.8 Å². The first kappa shape index (κ1) is 20.3. The van der Waals surface area contributed by atoms with Gasteiger partial charge in [-0.25, -0.2) is 0 Å². The van der Waals surface area contributed by atoms with Crippen LogP contribution in [0.3, 0.4) is 0 Å². The molecule has 0 fully saturated rings. The number of nitrogens with one attached hydrogen (secondary N) is 1. The zero-order chi connectivity index (χ0) is 14.9. The lowest BCUT2D eigenvalue weighted by molar-refractivity contribution is 0.801. The summed E-state index contributed by atoms with van der Waals surface area (Å²) in [6.45, 7) is 13.7. The molecule has 1 nitrogen and oxygen atoms in total. The molecule has 0 saturated carbocycles. The van der Waals surface area contributed by atoms with Crippen molar-refractivity contribution < 1.29 is 0 Å². The molecular weight excluding hydrogens is 230 g/mol. The minimum atomic E-state index is 0.958. The molecule has 0 aliphatic heterocycles. The van der Waals surface area contributed by atoms with Crippen molar-refractivity contribution >= 4 is 0 Å². The SMILES string of the molecule is C/C=C(\C=C/CCC)NC/C(C)=C/CCCC.CC. The summed E-state index contributed by atoms with van der Waals surface area (Å²) in [6.07, 6.45) is 15.0. The van der Waals surface area contributed by atoms with E-state index in [-0.39, 0.29) is 0 Å². The Kier molecular flexibility index (Phi) is 18.2. The maximum absolute atomic E-state index is 3.46. The molecule has 0 aliphatic rings. The summed E-state index contributed by atoms with van der Waals surface area (Å²) >= 11 is 0. The fraction of sp³-hybridized carbons (Fsp3) is 0.667. The lowest BCUT2D eigenvalue weighted by Crippen LogP contribution is -2.14. The molecular formula is C18H35N. The fourth-order valence-electron chi connectivity index (χ4n) is 1.50. The molecule has 1 N–H and O–H groups in total. The van der Waals surface area contributed by atoms with Crippen LogP contribution in [0.25, 0.3) is 0 Å². The standard InChI is InChI=1S/C16H29N.C2H6/c1-5-8-10-12-15(4)14-17-16(7-3)13-11-9-6-2;1-2/h7,11-13,17H,5-6,8-10,14H2,1-4H3;1-2H3/b13-11-,15-12+,16-7+;. The zero-order valence-electron chi connectivity index (χ0n) is 14.1. The maximum atomic E-state index is 3.46. The van der Waals surface area contributed by atoms with E-state index in [0.29, 0.717) is 0 Å². The van der Waals surface area contributed by atoms with Gasteiger partial charge in [-0.05, 0) is 32.8 Å². The summed E-state index contributed by atoms with van der Waals surface area (Å²) in [7, 11) is 0. The van der Waals surface area contributed by atoms with Gasteiger partial charge in [0.2, 0.25) is 0 Å². The Morgan fingerprint density at radius 2 is 1.74 bits per heavy atom. The molecule has 112 valence electrons. The van der Waals surface area contributed by atoms with Crippen LogP contribution in [0.1, 0.15) is 73.6 Å². The predicted octanol–water partition coefficient (Wildman–Crippen LogP) is 6.00. The first-order valence-corrected chi connectivity index (χ1v) is 7.96. The van der Waals surface area contributed by atoms with Crippen molar-refractivity contribution in [3.8, 4) is 0 Å². The molecule has 0 heterocycles. The lowest BCUT2D eigenvalue weighted by Gasteiger charge is -2.07. The van der Waals surface area contributed by atoms with Gasteiger partial charge in [0.15, 0.2) is 0 Å². The van der Waals surface area contributed by atoms with Crippen LogP contribution in [-0.2, 0) is 0 Å². The van der Waals surface area contributed by atoms with Crippen LogP contribution in [0.15, 0.2) is 35.6 Å². The second-order valence-corrected chi connectivity index (χ2v) is 4.48. The molecule has 0 amide bonds. The quantitative estimate of drug-likeness (QED) is 0.306. The minimum Gasteiger partial charge on any atom is -0.382 e. The van der Waals surface area contributed by atoms with Gasteiger partial charge >= 0.3 is 0 Å². The smallest absolute Gasteiger partial charge is 0.0357 e. The van der Waals surface area contributed by atoms with Gasteiger partial charge in [-0.15, -0.1) is 0 Å². The van der Waals surface area contributed by atoms with Crippen LogP contribution in [0.2, 0.25) is 0 Å². The zero-order valence-corrected chi connectivity index (χ0v) is 14.1. The third-order valence-electron chi connectivity index (χ3n) is 2.69. The van der Waals surface area contributed by atoms with Gasteiger partial charge in [0.1, 0.15) is 0 Å². The first-order valence-electron chi connectivity index (χ1n) is 7.96. The Hall–Kier alpha value is -0.980.